The zero-order chi connectivity index (χ0) is 15.7. The highest BCUT2D eigenvalue weighted by atomic mass is 16.5. The molecule has 3 rings (SSSR count). The monoisotopic (exact) mass is 295 g/mol. The number of imidazole rings is 1. The normalized spacial score (nSPS) is 10.9. The van der Waals surface area contributed by atoms with Gasteiger partial charge in [0.05, 0.1) is 17.7 Å². The summed E-state index contributed by atoms with van der Waals surface area (Å²) in [5.41, 5.74) is 3.23. The lowest BCUT2D eigenvalue weighted by Crippen LogP contribution is -2.05. The number of aryl methyl sites for hydroxylation is 2. The number of pyridine rings is 1. The Balaban J connectivity index is 2.24. The summed E-state index contributed by atoms with van der Waals surface area (Å²) < 4.78 is 7.02. The van der Waals surface area contributed by atoms with Crippen LogP contribution >= 0.6 is 0 Å². The SMILES string of the molecule is CCOC(=O)c1ccc2nc(C)cc(-c3nccn3C)c2c1. The van der Waals surface area contributed by atoms with Crippen LogP contribution in [0.2, 0.25) is 0 Å². The molecule has 2 heterocycles. The van der Waals surface area contributed by atoms with Crippen LogP contribution in [0, 0.1) is 6.92 Å². The lowest BCUT2D eigenvalue weighted by atomic mass is 10.0. The summed E-state index contributed by atoms with van der Waals surface area (Å²) in [5, 5.41) is 0.894. The van der Waals surface area contributed by atoms with Gasteiger partial charge in [-0.3, -0.25) is 4.98 Å². The van der Waals surface area contributed by atoms with Crippen LogP contribution in [0.5, 0.6) is 0 Å². The molecule has 0 amide bonds. The molecular weight excluding hydrogens is 278 g/mol. The summed E-state index contributed by atoms with van der Waals surface area (Å²) in [5.74, 6) is 0.521. The van der Waals surface area contributed by atoms with Gasteiger partial charge < -0.3 is 9.30 Å². The number of ether oxygens (including phenoxy) is 1. The van der Waals surface area contributed by atoms with Gasteiger partial charge in [0, 0.05) is 36.1 Å². The highest BCUT2D eigenvalue weighted by Crippen LogP contribution is 2.28. The molecule has 0 aliphatic carbocycles. The predicted octanol–water partition coefficient (Wildman–Crippen LogP) is 3.12. The molecule has 0 spiro atoms. The standard InChI is InChI=1S/C17H17N3O2/c1-4-22-17(21)12-5-6-15-13(10-12)14(9-11(2)19-15)16-18-7-8-20(16)3/h5-10H,4H2,1-3H3. The summed E-state index contributed by atoms with van der Waals surface area (Å²) in [6.07, 6.45) is 3.65. The average molecular weight is 295 g/mol. The van der Waals surface area contributed by atoms with Gasteiger partial charge >= 0.3 is 5.97 Å². The van der Waals surface area contributed by atoms with E-state index in [-0.39, 0.29) is 5.97 Å². The highest BCUT2D eigenvalue weighted by molar-refractivity contribution is 5.99. The maximum Gasteiger partial charge on any atom is 0.338 e. The Kier molecular flexibility index (Phi) is 3.63. The molecule has 0 aliphatic heterocycles. The van der Waals surface area contributed by atoms with Crippen LogP contribution in [-0.2, 0) is 11.8 Å². The van der Waals surface area contributed by atoms with Gasteiger partial charge in [-0.25, -0.2) is 9.78 Å². The molecule has 0 atom stereocenters. The van der Waals surface area contributed by atoms with Crippen molar-refractivity contribution in [2.45, 2.75) is 13.8 Å². The second-order valence-corrected chi connectivity index (χ2v) is 5.13. The first kappa shape index (κ1) is 14.3. The Hall–Kier alpha value is -2.69. The van der Waals surface area contributed by atoms with Gasteiger partial charge in [-0.15, -0.1) is 0 Å². The molecule has 0 unspecified atom stereocenters. The number of benzene rings is 1. The van der Waals surface area contributed by atoms with Gasteiger partial charge in [-0.1, -0.05) is 0 Å². The number of fused-ring (bicyclic) bond motifs is 1. The Morgan fingerprint density at radius 3 is 2.82 bits per heavy atom. The molecule has 0 saturated heterocycles. The second-order valence-electron chi connectivity index (χ2n) is 5.13. The zero-order valence-corrected chi connectivity index (χ0v) is 12.8. The van der Waals surface area contributed by atoms with E-state index in [9.17, 15) is 4.79 Å². The molecule has 0 aliphatic rings. The smallest absolute Gasteiger partial charge is 0.338 e. The van der Waals surface area contributed by atoms with Gasteiger partial charge in [-0.05, 0) is 38.1 Å². The van der Waals surface area contributed by atoms with Crippen molar-refractivity contribution in [3.05, 3.63) is 47.9 Å². The number of aromatic nitrogens is 3. The lowest BCUT2D eigenvalue weighted by molar-refractivity contribution is 0.0526. The molecule has 0 saturated carbocycles. The topological polar surface area (TPSA) is 57.0 Å². The van der Waals surface area contributed by atoms with Gasteiger partial charge in [0.1, 0.15) is 5.82 Å². The van der Waals surface area contributed by atoms with Crippen LogP contribution in [0.4, 0.5) is 0 Å². The molecule has 112 valence electrons. The van der Waals surface area contributed by atoms with Gasteiger partial charge in [0.2, 0.25) is 0 Å². The molecule has 22 heavy (non-hydrogen) atoms. The summed E-state index contributed by atoms with van der Waals surface area (Å²) >= 11 is 0. The molecular formula is C17H17N3O2. The molecule has 5 heteroatoms. The third-order valence-electron chi connectivity index (χ3n) is 3.51. The van der Waals surface area contributed by atoms with Crippen molar-refractivity contribution in [3.8, 4) is 11.4 Å². The van der Waals surface area contributed by atoms with Crippen molar-refractivity contribution in [2.24, 2.45) is 7.05 Å². The van der Waals surface area contributed by atoms with E-state index in [4.69, 9.17) is 4.74 Å². The Labute approximate surface area is 128 Å². The van der Waals surface area contributed by atoms with Crippen molar-refractivity contribution in [1.82, 2.24) is 14.5 Å². The van der Waals surface area contributed by atoms with Crippen molar-refractivity contribution < 1.29 is 9.53 Å². The quantitative estimate of drug-likeness (QED) is 0.697. The lowest BCUT2D eigenvalue weighted by Gasteiger charge is -2.09. The molecule has 3 aromatic rings. The number of carbonyl (C=O) groups excluding carboxylic acids is 1. The molecule has 2 aromatic heterocycles. The van der Waals surface area contributed by atoms with Crippen molar-refractivity contribution in [3.63, 3.8) is 0 Å². The minimum Gasteiger partial charge on any atom is -0.462 e. The Morgan fingerprint density at radius 1 is 1.32 bits per heavy atom. The van der Waals surface area contributed by atoms with E-state index in [2.05, 4.69) is 9.97 Å². The van der Waals surface area contributed by atoms with Crippen LogP contribution < -0.4 is 0 Å². The van der Waals surface area contributed by atoms with Gasteiger partial charge in [0.15, 0.2) is 0 Å². The number of carbonyl (C=O) groups is 1. The maximum atomic E-state index is 12.0. The predicted molar refractivity (Wildman–Crippen MR) is 84.6 cm³/mol. The number of rotatable bonds is 3. The van der Waals surface area contributed by atoms with E-state index in [0.29, 0.717) is 12.2 Å². The fourth-order valence-corrected chi connectivity index (χ4v) is 2.51. The van der Waals surface area contributed by atoms with E-state index >= 15 is 0 Å². The number of esters is 1. The number of hydrogen-bond donors (Lipinski definition) is 0. The first-order chi connectivity index (χ1) is 10.6. The molecule has 0 radical (unpaired) electrons. The van der Waals surface area contributed by atoms with Crippen LogP contribution in [-0.4, -0.2) is 27.1 Å². The molecule has 0 N–H and O–H groups in total. The van der Waals surface area contributed by atoms with Gasteiger partial charge in [0.25, 0.3) is 0 Å². The Bertz CT molecular complexity index is 852. The van der Waals surface area contributed by atoms with E-state index in [1.54, 1.807) is 19.2 Å². The summed E-state index contributed by atoms with van der Waals surface area (Å²) in [4.78, 5) is 20.9. The number of hydrogen-bond acceptors (Lipinski definition) is 4. The second kappa shape index (κ2) is 5.60. The van der Waals surface area contributed by atoms with Crippen molar-refractivity contribution in [1.29, 1.82) is 0 Å². The van der Waals surface area contributed by atoms with Crippen molar-refractivity contribution >= 4 is 16.9 Å². The minimum absolute atomic E-state index is 0.323. The molecule has 0 fully saturated rings. The third-order valence-corrected chi connectivity index (χ3v) is 3.51. The van der Waals surface area contributed by atoms with E-state index in [1.165, 1.54) is 0 Å². The molecule has 0 bridgehead atoms. The van der Waals surface area contributed by atoms with Crippen LogP contribution in [0.15, 0.2) is 36.7 Å². The van der Waals surface area contributed by atoms with Crippen LogP contribution in [0.25, 0.3) is 22.3 Å². The first-order valence-electron chi connectivity index (χ1n) is 7.16. The zero-order valence-electron chi connectivity index (χ0n) is 12.8. The Morgan fingerprint density at radius 2 is 2.14 bits per heavy atom. The molecule has 1 aromatic carbocycles. The van der Waals surface area contributed by atoms with Gasteiger partial charge in [-0.2, -0.15) is 0 Å². The summed E-state index contributed by atoms with van der Waals surface area (Å²) in [6.45, 7) is 4.10. The fourth-order valence-electron chi connectivity index (χ4n) is 2.51. The van der Waals surface area contributed by atoms with Crippen LogP contribution in [0.3, 0.4) is 0 Å². The van der Waals surface area contributed by atoms with Crippen molar-refractivity contribution in [2.75, 3.05) is 6.61 Å². The molecule has 5 nitrogen and oxygen atoms in total. The summed E-state index contributed by atoms with van der Waals surface area (Å²) in [7, 11) is 1.94. The van der Waals surface area contributed by atoms with E-state index in [0.717, 1.165) is 28.0 Å². The highest BCUT2D eigenvalue weighted by Gasteiger charge is 2.13. The van der Waals surface area contributed by atoms with Crippen LogP contribution in [0.1, 0.15) is 23.0 Å². The largest absolute Gasteiger partial charge is 0.462 e. The minimum atomic E-state index is -0.323. The first-order valence-corrected chi connectivity index (χ1v) is 7.16. The summed E-state index contributed by atoms with van der Waals surface area (Å²) in [6, 6.07) is 7.40. The third kappa shape index (κ3) is 2.45. The maximum absolute atomic E-state index is 12.0. The van der Waals surface area contributed by atoms with E-state index < -0.39 is 0 Å². The number of nitrogens with zero attached hydrogens (tertiary/aromatic N) is 3. The van der Waals surface area contributed by atoms with E-state index in [1.807, 2.05) is 42.9 Å². The fraction of sp³-hybridized carbons (Fsp3) is 0.235. The average Bonchev–Trinajstić information content (AvgIpc) is 2.92.